The van der Waals surface area contributed by atoms with E-state index in [1.165, 1.54) is 9.80 Å². The zero-order valence-electron chi connectivity index (χ0n) is 22.4. The monoisotopic (exact) mass is 506 g/mol. The molecule has 5 amide bonds. The van der Waals surface area contributed by atoms with E-state index < -0.39 is 35.5 Å². The summed E-state index contributed by atoms with van der Waals surface area (Å²) in [7, 11) is 0. The SMILES string of the molecule is CC[C@H](NC(=O)N[C@H](CN1C(=O)CC(C)(C)CC1=O)C(C)(C)C)C(=O)N1C[C@@H]2CCC[C@@H]2[C@H]1C(=O)O. The molecule has 202 valence electrons. The topological polar surface area (TPSA) is 136 Å². The second-order valence-electron chi connectivity index (χ2n) is 12.5. The third-order valence-corrected chi connectivity index (χ3v) is 8.02. The predicted molar refractivity (Wildman–Crippen MR) is 133 cm³/mol. The summed E-state index contributed by atoms with van der Waals surface area (Å²) < 4.78 is 0. The van der Waals surface area contributed by atoms with Crippen molar-refractivity contribution >= 4 is 29.7 Å². The number of nitrogens with zero attached hydrogens (tertiary/aromatic N) is 2. The van der Waals surface area contributed by atoms with Crippen molar-refractivity contribution in [2.45, 2.75) is 98.2 Å². The Hall–Kier alpha value is -2.65. The number of nitrogens with one attached hydrogen (secondary N) is 2. The van der Waals surface area contributed by atoms with Gasteiger partial charge in [-0.1, -0.05) is 48.0 Å². The van der Waals surface area contributed by atoms with Crippen molar-refractivity contribution in [3.05, 3.63) is 0 Å². The van der Waals surface area contributed by atoms with Gasteiger partial charge >= 0.3 is 12.0 Å². The summed E-state index contributed by atoms with van der Waals surface area (Å²) in [5, 5.41) is 15.4. The van der Waals surface area contributed by atoms with Crippen LogP contribution in [0, 0.1) is 22.7 Å². The first-order valence-corrected chi connectivity index (χ1v) is 13.1. The van der Waals surface area contributed by atoms with Gasteiger partial charge in [0.15, 0.2) is 0 Å². The van der Waals surface area contributed by atoms with Crippen LogP contribution in [-0.4, -0.2) is 75.8 Å². The summed E-state index contributed by atoms with van der Waals surface area (Å²) in [6.45, 7) is 11.7. The molecule has 10 heteroatoms. The van der Waals surface area contributed by atoms with Crippen molar-refractivity contribution in [2.75, 3.05) is 13.1 Å². The highest BCUT2D eigenvalue weighted by atomic mass is 16.4. The number of hydrogen-bond acceptors (Lipinski definition) is 5. The van der Waals surface area contributed by atoms with Crippen LogP contribution in [0.25, 0.3) is 0 Å². The van der Waals surface area contributed by atoms with Crippen LogP contribution < -0.4 is 10.6 Å². The Morgan fingerprint density at radius 3 is 2.22 bits per heavy atom. The van der Waals surface area contributed by atoms with Gasteiger partial charge in [0.1, 0.15) is 12.1 Å². The maximum atomic E-state index is 13.3. The summed E-state index contributed by atoms with van der Waals surface area (Å²) in [5.74, 6) is -1.74. The number of aliphatic carboxylic acids is 1. The number of amides is 5. The number of fused-ring (bicyclic) bond motifs is 1. The third kappa shape index (κ3) is 6.00. The van der Waals surface area contributed by atoms with Crippen LogP contribution in [0.15, 0.2) is 0 Å². The predicted octanol–water partition coefficient (Wildman–Crippen LogP) is 2.37. The molecule has 0 aromatic carbocycles. The van der Waals surface area contributed by atoms with Crippen molar-refractivity contribution in [3.8, 4) is 0 Å². The molecule has 2 heterocycles. The van der Waals surface area contributed by atoms with E-state index in [0.717, 1.165) is 19.3 Å². The van der Waals surface area contributed by atoms with Gasteiger partial charge in [-0.05, 0) is 41.9 Å². The summed E-state index contributed by atoms with van der Waals surface area (Å²) in [6, 6.07) is -2.85. The standard InChI is InChI=1S/C26H42N4O6/c1-7-17(22(33)30-13-15-9-8-10-16(15)21(30)23(34)35)27-24(36)28-18(25(2,3)4)14-29-19(31)11-26(5,6)12-20(29)32/h15-18,21H,7-14H2,1-6H3,(H,34,35)(H2,27,28,36)/t15-,16-,17-,18+,21-/m0/s1. The minimum Gasteiger partial charge on any atom is -0.480 e. The molecule has 3 aliphatic rings. The molecule has 10 nitrogen and oxygen atoms in total. The Kier molecular flexibility index (Phi) is 8.05. The lowest BCUT2D eigenvalue weighted by Gasteiger charge is -2.40. The molecule has 3 N–H and O–H groups in total. The molecule has 2 saturated heterocycles. The molecule has 1 aliphatic carbocycles. The Bertz CT molecular complexity index is 891. The van der Waals surface area contributed by atoms with Crippen LogP contribution in [0.2, 0.25) is 0 Å². The van der Waals surface area contributed by atoms with Crippen LogP contribution in [0.3, 0.4) is 0 Å². The van der Waals surface area contributed by atoms with E-state index in [-0.39, 0.29) is 54.4 Å². The van der Waals surface area contributed by atoms with E-state index in [1.54, 1.807) is 6.92 Å². The van der Waals surface area contributed by atoms with Gasteiger partial charge < -0.3 is 20.6 Å². The van der Waals surface area contributed by atoms with E-state index in [2.05, 4.69) is 10.6 Å². The lowest BCUT2D eigenvalue weighted by molar-refractivity contribution is -0.153. The molecule has 0 aromatic heterocycles. The van der Waals surface area contributed by atoms with Gasteiger partial charge in [0.05, 0.1) is 6.04 Å². The Balaban J connectivity index is 1.67. The fourth-order valence-electron chi connectivity index (χ4n) is 5.88. The number of carbonyl (C=O) groups excluding carboxylic acids is 4. The van der Waals surface area contributed by atoms with Gasteiger partial charge in [-0.2, -0.15) is 0 Å². The number of hydrogen-bond donors (Lipinski definition) is 3. The van der Waals surface area contributed by atoms with E-state index >= 15 is 0 Å². The van der Waals surface area contributed by atoms with Crippen LogP contribution in [0.5, 0.6) is 0 Å². The lowest BCUT2D eigenvalue weighted by atomic mass is 9.80. The molecule has 3 rings (SSSR count). The van der Waals surface area contributed by atoms with E-state index in [1.807, 2.05) is 34.6 Å². The maximum absolute atomic E-state index is 13.3. The molecule has 2 aliphatic heterocycles. The first kappa shape index (κ1) is 27.9. The molecule has 1 saturated carbocycles. The minimum atomic E-state index is -0.996. The van der Waals surface area contributed by atoms with Crippen LogP contribution >= 0.6 is 0 Å². The molecule has 5 atom stereocenters. The average Bonchev–Trinajstić information content (AvgIpc) is 3.32. The zero-order valence-corrected chi connectivity index (χ0v) is 22.4. The Morgan fingerprint density at radius 1 is 1.08 bits per heavy atom. The van der Waals surface area contributed by atoms with Crippen LogP contribution in [0.4, 0.5) is 4.79 Å². The summed E-state index contributed by atoms with van der Waals surface area (Å²) in [4.78, 5) is 66.3. The molecular formula is C26H42N4O6. The highest BCUT2D eigenvalue weighted by molar-refractivity contribution is 5.98. The van der Waals surface area contributed by atoms with Gasteiger partial charge in [-0.3, -0.25) is 19.3 Å². The summed E-state index contributed by atoms with van der Waals surface area (Å²) in [5.41, 5.74) is -0.860. The van der Waals surface area contributed by atoms with Gasteiger partial charge in [0.25, 0.3) is 0 Å². The van der Waals surface area contributed by atoms with Crippen molar-refractivity contribution in [1.29, 1.82) is 0 Å². The molecular weight excluding hydrogens is 464 g/mol. The smallest absolute Gasteiger partial charge is 0.326 e. The molecule has 3 fully saturated rings. The molecule has 0 radical (unpaired) electrons. The van der Waals surface area contributed by atoms with E-state index in [9.17, 15) is 29.1 Å². The fraction of sp³-hybridized carbons (Fsp3) is 0.808. The Labute approximate surface area is 213 Å². The number of carboxylic acid groups (broad SMARTS) is 1. The number of carbonyl (C=O) groups is 5. The number of imide groups is 1. The van der Waals surface area contributed by atoms with Crippen LogP contribution in [0.1, 0.15) is 80.1 Å². The number of piperidine rings is 1. The van der Waals surface area contributed by atoms with Crippen molar-refractivity contribution in [1.82, 2.24) is 20.4 Å². The number of carboxylic acids is 1. The largest absolute Gasteiger partial charge is 0.480 e. The second-order valence-corrected chi connectivity index (χ2v) is 12.5. The normalized spacial score (nSPS) is 27.4. The third-order valence-electron chi connectivity index (χ3n) is 8.02. The van der Waals surface area contributed by atoms with Gasteiger partial charge in [-0.15, -0.1) is 0 Å². The molecule has 0 aromatic rings. The van der Waals surface area contributed by atoms with Crippen LogP contribution in [-0.2, 0) is 19.2 Å². The second kappa shape index (κ2) is 10.4. The first-order chi connectivity index (χ1) is 16.6. The van der Waals surface area contributed by atoms with E-state index in [0.29, 0.717) is 13.0 Å². The maximum Gasteiger partial charge on any atom is 0.326 e. The first-order valence-electron chi connectivity index (χ1n) is 13.1. The summed E-state index contributed by atoms with van der Waals surface area (Å²) in [6.07, 6.45) is 3.53. The molecule has 0 unspecified atom stereocenters. The Morgan fingerprint density at radius 2 is 1.69 bits per heavy atom. The quantitative estimate of drug-likeness (QED) is 0.454. The number of urea groups is 1. The summed E-state index contributed by atoms with van der Waals surface area (Å²) >= 11 is 0. The molecule has 0 spiro atoms. The number of rotatable bonds is 7. The highest BCUT2D eigenvalue weighted by Crippen LogP contribution is 2.42. The lowest BCUT2D eigenvalue weighted by Crippen LogP contribution is -2.59. The average molecular weight is 507 g/mol. The van der Waals surface area contributed by atoms with Gasteiger partial charge in [0.2, 0.25) is 17.7 Å². The van der Waals surface area contributed by atoms with Gasteiger partial charge in [0, 0.05) is 25.9 Å². The van der Waals surface area contributed by atoms with Gasteiger partial charge in [-0.25, -0.2) is 9.59 Å². The molecule has 0 bridgehead atoms. The van der Waals surface area contributed by atoms with E-state index in [4.69, 9.17) is 0 Å². The molecule has 36 heavy (non-hydrogen) atoms. The fourth-order valence-corrected chi connectivity index (χ4v) is 5.88. The number of likely N-dealkylation sites (tertiary alicyclic amines) is 2. The van der Waals surface area contributed by atoms with Crippen molar-refractivity contribution < 1.29 is 29.1 Å². The van der Waals surface area contributed by atoms with Crippen molar-refractivity contribution in [2.24, 2.45) is 22.7 Å². The zero-order chi connectivity index (χ0) is 27.0. The minimum absolute atomic E-state index is 0.0346. The van der Waals surface area contributed by atoms with Crippen molar-refractivity contribution in [3.63, 3.8) is 0 Å². The highest BCUT2D eigenvalue weighted by Gasteiger charge is 2.50.